The topological polar surface area (TPSA) is 77.1 Å². The molecule has 1 N–H and O–H groups in total. The van der Waals surface area contributed by atoms with E-state index in [1.54, 1.807) is 37.3 Å². The number of benzene rings is 2. The Labute approximate surface area is 188 Å². The minimum atomic E-state index is -0.686. The molecule has 2 amide bonds. The van der Waals surface area contributed by atoms with Crippen molar-refractivity contribution in [2.45, 2.75) is 39.4 Å². The van der Waals surface area contributed by atoms with E-state index in [2.05, 4.69) is 5.32 Å². The molecule has 0 aliphatic heterocycles. The molecule has 0 saturated heterocycles. The normalized spacial score (nSPS) is 11.6. The Morgan fingerprint density at radius 1 is 0.968 bits per heavy atom. The van der Waals surface area contributed by atoms with E-state index in [9.17, 15) is 9.59 Å². The van der Waals surface area contributed by atoms with Crippen LogP contribution in [0.25, 0.3) is 0 Å². The first-order chi connectivity index (χ1) is 14.7. The predicted octanol–water partition coefficient (Wildman–Crippen LogP) is 3.68. The number of carbonyl (C=O) groups is 2. The van der Waals surface area contributed by atoms with Crippen molar-refractivity contribution in [2.75, 3.05) is 20.8 Å². The van der Waals surface area contributed by atoms with Crippen molar-refractivity contribution in [3.05, 3.63) is 53.1 Å². The zero-order valence-electron chi connectivity index (χ0n) is 18.5. The summed E-state index contributed by atoms with van der Waals surface area (Å²) in [6.07, 6.45) is 0. The van der Waals surface area contributed by atoms with Crippen molar-refractivity contribution < 1.29 is 23.8 Å². The lowest BCUT2D eigenvalue weighted by Crippen LogP contribution is -2.50. The summed E-state index contributed by atoms with van der Waals surface area (Å²) >= 11 is 5.96. The van der Waals surface area contributed by atoms with Gasteiger partial charge in [-0.25, -0.2) is 0 Å². The highest BCUT2D eigenvalue weighted by Crippen LogP contribution is 2.27. The third kappa shape index (κ3) is 7.36. The molecular formula is C23H29ClN2O5. The molecule has 2 rings (SSSR count). The van der Waals surface area contributed by atoms with E-state index in [1.165, 1.54) is 19.1 Å². The van der Waals surface area contributed by atoms with Gasteiger partial charge in [0.1, 0.15) is 23.3 Å². The van der Waals surface area contributed by atoms with E-state index in [0.717, 1.165) is 5.56 Å². The highest BCUT2D eigenvalue weighted by Gasteiger charge is 2.27. The zero-order valence-corrected chi connectivity index (χ0v) is 19.2. The molecule has 0 bridgehead atoms. The molecule has 0 spiro atoms. The standard InChI is InChI=1S/C23H29ClN2O5/c1-15(2)25-23(28)16(3)26(13-17-6-8-18(24)9-7-17)22(27)14-31-21-11-19(29-4)10-20(12-21)30-5/h6-12,15-16H,13-14H2,1-5H3,(H,25,28)/t16-/m0/s1. The maximum atomic E-state index is 13.1. The Morgan fingerprint density at radius 2 is 1.52 bits per heavy atom. The van der Waals surface area contributed by atoms with Crippen molar-refractivity contribution >= 4 is 23.4 Å². The Bertz CT molecular complexity index is 864. The van der Waals surface area contributed by atoms with Gasteiger partial charge in [0.2, 0.25) is 5.91 Å². The van der Waals surface area contributed by atoms with Crippen LogP contribution >= 0.6 is 11.6 Å². The van der Waals surface area contributed by atoms with Gasteiger partial charge in [0.15, 0.2) is 6.61 Å². The van der Waals surface area contributed by atoms with Crippen molar-refractivity contribution in [1.29, 1.82) is 0 Å². The largest absolute Gasteiger partial charge is 0.496 e. The zero-order chi connectivity index (χ0) is 23.0. The van der Waals surface area contributed by atoms with Gasteiger partial charge in [-0.1, -0.05) is 23.7 Å². The van der Waals surface area contributed by atoms with Gasteiger partial charge in [-0.05, 0) is 38.5 Å². The van der Waals surface area contributed by atoms with Crippen molar-refractivity contribution in [2.24, 2.45) is 0 Å². The summed E-state index contributed by atoms with van der Waals surface area (Å²) in [4.78, 5) is 27.1. The van der Waals surface area contributed by atoms with Crippen LogP contribution in [0.3, 0.4) is 0 Å². The van der Waals surface area contributed by atoms with E-state index in [-0.39, 0.29) is 31.0 Å². The first kappa shape index (κ1) is 24.3. The van der Waals surface area contributed by atoms with Gasteiger partial charge in [-0.2, -0.15) is 0 Å². The fraction of sp³-hybridized carbons (Fsp3) is 0.391. The fourth-order valence-electron chi connectivity index (χ4n) is 2.87. The Hall–Kier alpha value is -2.93. The lowest BCUT2D eigenvalue weighted by molar-refractivity contribution is -0.142. The quantitative estimate of drug-likeness (QED) is 0.600. The summed E-state index contributed by atoms with van der Waals surface area (Å²) in [6, 6.07) is 11.4. The van der Waals surface area contributed by atoms with Gasteiger partial charge in [-0.15, -0.1) is 0 Å². The van der Waals surface area contributed by atoms with Crippen LogP contribution in [0.4, 0.5) is 0 Å². The van der Waals surface area contributed by atoms with Crippen LogP contribution in [-0.2, 0) is 16.1 Å². The lowest BCUT2D eigenvalue weighted by atomic mass is 10.1. The van der Waals surface area contributed by atoms with Gasteiger partial charge >= 0.3 is 0 Å². The molecule has 2 aromatic rings. The molecule has 2 aromatic carbocycles. The molecule has 1 atom stereocenters. The van der Waals surface area contributed by atoms with Gasteiger partial charge in [0.25, 0.3) is 5.91 Å². The molecule has 31 heavy (non-hydrogen) atoms. The molecule has 8 heteroatoms. The second-order valence-corrected chi connectivity index (χ2v) is 7.76. The van der Waals surface area contributed by atoms with Crippen LogP contribution < -0.4 is 19.5 Å². The Kier molecular flexibility index (Phi) is 9.00. The first-order valence-corrected chi connectivity index (χ1v) is 10.3. The molecule has 0 heterocycles. The number of hydrogen-bond donors (Lipinski definition) is 1. The molecule has 0 radical (unpaired) electrons. The van der Waals surface area contributed by atoms with Crippen LogP contribution in [-0.4, -0.2) is 49.6 Å². The maximum absolute atomic E-state index is 13.1. The predicted molar refractivity (Wildman–Crippen MR) is 120 cm³/mol. The number of methoxy groups -OCH3 is 2. The molecule has 0 fully saturated rings. The molecule has 0 unspecified atom stereocenters. The number of amides is 2. The summed E-state index contributed by atoms with van der Waals surface area (Å²) in [5.41, 5.74) is 0.852. The van der Waals surface area contributed by atoms with Crippen molar-refractivity contribution in [3.8, 4) is 17.2 Å². The highest BCUT2D eigenvalue weighted by molar-refractivity contribution is 6.30. The average Bonchev–Trinajstić information content (AvgIpc) is 2.75. The number of nitrogens with one attached hydrogen (secondary N) is 1. The molecule has 7 nitrogen and oxygen atoms in total. The second kappa shape index (κ2) is 11.5. The SMILES string of the molecule is COc1cc(OC)cc(OCC(=O)N(Cc2ccc(Cl)cc2)[C@@H](C)C(=O)NC(C)C)c1. The van der Waals surface area contributed by atoms with Gasteiger partial charge in [0, 0.05) is 35.8 Å². The Morgan fingerprint density at radius 3 is 2.03 bits per heavy atom. The average molecular weight is 449 g/mol. The number of halogens is 1. The van der Waals surface area contributed by atoms with Crippen LogP contribution in [0.5, 0.6) is 17.2 Å². The third-order valence-corrected chi connectivity index (χ3v) is 4.80. The molecule has 0 saturated carbocycles. The fourth-order valence-corrected chi connectivity index (χ4v) is 2.99. The highest BCUT2D eigenvalue weighted by atomic mass is 35.5. The third-order valence-electron chi connectivity index (χ3n) is 4.55. The van der Waals surface area contributed by atoms with Gasteiger partial charge < -0.3 is 24.4 Å². The van der Waals surface area contributed by atoms with Gasteiger partial charge in [-0.3, -0.25) is 9.59 Å². The van der Waals surface area contributed by atoms with Crippen molar-refractivity contribution in [3.63, 3.8) is 0 Å². The minimum absolute atomic E-state index is 0.0390. The number of nitrogens with zero attached hydrogens (tertiary/aromatic N) is 1. The summed E-state index contributed by atoms with van der Waals surface area (Å²) in [5.74, 6) is 0.952. The van der Waals surface area contributed by atoms with E-state index < -0.39 is 6.04 Å². The maximum Gasteiger partial charge on any atom is 0.261 e. The van der Waals surface area contributed by atoms with E-state index in [4.69, 9.17) is 25.8 Å². The number of ether oxygens (including phenoxy) is 3. The summed E-state index contributed by atoms with van der Waals surface area (Å²) in [5, 5.41) is 3.45. The molecule has 0 aliphatic rings. The van der Waals surface area contributed by atoms with Gasteiger partial charge in [0.05, 0.1) is 14.2 Å². The Balaban J connectivity index is 2.18. The van der Waals surface area contributed by atoms with Crippen LogP contribution in [0, 0.1) is 0 Å². The minimum Gasteiger partial charge on any atom is -0.496 e. The molecule has 168 valence electrons. The first-order valence-electron chi connectivity index (χ1n) is 9.93. The lowest BCUT2D eigenvalue weighted by Gasteiger charge is -2.29. The van der Waals surface area contributed by atoms with Crippen LogP contribution in [0.15, 0.2) is 42.5 Å². The van der Waals surface area contributed by atoms with E-state index >= 15 is 0 Å². The molecular weight excluding hydrogens is 420 g/mol. The van der Waals surface area contributed by atoms with E-state index in [0.29, 0.717) is 22.3 Å². The van der Waals surface area contributed by atoms with E-state index in [1.807, 2.05) is 26.0 Å². The summed E-state index contributed by atoms with van der Waals surface area (Å²) in [7, 11) is 3.07. The second-order valence-electron chi connectivity index (χ2n) is 7.32. The van der Waals surface area contributed by atoms with Crippen molar-refractivity contribution in [1.82, 2.24) is 10.2 Å². The number of carbonyl (C=O) groups excluding carboxylic acids is 2. The molecule has 0 aromatic heterocycles. The van der Waals surface area contributed by atoms with Crippen LogP contribution in [0.1, 0.15) is 26.3 Å². The molecule has 0 aliphatic carbocycles. The number of rotatable bonds is 10. The summed E-state index contributed by atoms with van der Waals surface area (Å²) < 4.78 is 16.2. The van der Waals surface area contributed by atoms with Crippen LogP contribution in [0.2, 0.25) is 5.02 Å². The number of hydrogen-bond acceptors (Lipinski definition) is 5. The summed E-state index contributed by atoms with van der Waals surface area (Å²) in [6.45, 7) is 5.43. The monoisotopic (exact) mass is 448 g/mol. The smallest absolute Gasteiger partial charge is 0.261 e.